The molecule has 4 aromatic rings. The van der Waals surface area contributed by atoms with Gasteiger partial charge < -0.3 is 5.32 Å². The van der Waals surface area contributed by atoms with E-state index in [1.807, 2.05) is 83.4 Å². The van der Waals surface area contributed by atoms with Crippen molar-refractivity contribution < 1.29 is 4.79 Å². The Morgan fingerprint density at radius 2 is 1.66 bits per heavy atom. The predicted molar refractivity (Wildman–Crippen MR) is 132 cm³/mol. The largest absolute Gasteiger partial charge is 0.325 e. The van der Waals surface area contributed by atoms with Gasteiger partial charge in [-0.25, -0.2) is 0 Å². The predicted octanol–water partition coefficient (Wildman–Crippen LogP) is 6.44. The summed E-state index contributed by atoms with van der Waals surface area (Å²) in [5, 5.41) is 13.0. The zero-order chi connectivity index (χ0) is 22.5. The first kappa shape index (κ1) is 22.1. The summed E-state index contributed by atoms with van der Waals surface area (Å²) >= 11 is 7.39. The van der Waals surface area contributed by atoms with Crippen molar-refractivity contribution in [3.8, 4) is 17.1 Å². The number of carbonyl (C=O) groups excluding carboxylic acids is 1. The Hall–Kier alpha value is -3.09. The molecule has 1 heterocycles. The fraction of sp³-hybridized carbons (Fsp3) is 0.160. The number of hydrogen-bond donors (Lipinski definition) is 1. The first-order chi connectivity index (χ1) is 15.5. The van der Waals surface area contributed by atoms with E-state index in [0.29, 0.717) is 21.9 Å². The number of nitrogens with zero attached hydrogens (tertiary/aromatic N) is 3. The molecule has 0 aliphatic heterocycles. The van der Waals surface area contributed by atoms with Crippen LogP contribution in [0, 0.1) is 0 Å². The van der Waals surface area contributed by atoms with Crippen molar-refractivity contribution in [1.82, 2.24) is 14.8 Å². The summed E-state index contributed by atoms with van der Waals surface area (Å²) in [5.74, 6) is 1.27. The summed E-state index contributed by atoms with van der Waals surface area (Å²) in [6.45, 7) is 4.29. The fourth-order valence-electron chi connectivity index (χ4n) is 3.24. The van der Waals surface area contributed by atoms with Gasteiger partial charge in [0.1, 0.15) is 0 Å². The number of carbonyl (C=O) groups is 1. The average molecular weight is 463 g/mol. The van der Waals surface area contributed by atoms with Crippen LogP contribution in [0.5, 0.6) is 0 Å². The van der Waals surface area contributed by atoms with Crippen LogP contribution in [0.25, 0.3) is 17.1 Å². The molecule has 3 aromatic carbocycles. The molecule has 4 rings (SSSR count). The van der Waals surface area contributed by atoms with Crippen LogP contribution in [-0.4, -0.2) is 26.4 Å². The molecular formula is C25H23ClN4OS. The molecule has 162 valence electrons. The van der Waals surface area contributed by atoms with E-state index in [1.165, 1.54) is 17.3 Å². The molecule has 0 aliphatic carbocycles. The molecule has 5 nitrogen and oxygen atoms in total. The van der Waals surface area contributed by atoms with Crippen LogP contribution in [-0.2, 0) is 4.79 Å². The molecule has 0 aliphatic rings. The molecule has 0 bridgehead atoms. The lowest BCUT2D eigenvalue weighted by Crippen LogP contribution is -2.14. The Morgan fingerprint density at radius 3 is 2.31 bits per heavy atom. The van der Waals surface area contributed by atoms with E-state index in [0.717, 1.165) is 16.9 Å². The third-order valence-corrected chi connectivity index (χ3v) is 6.12. The van der Waals surface area contributed by atoms with Crippen LogP contribution >= 0.6 is 23.4 Å². The number of para-hydroxylation sites is 1. The fourth-order valence-corrected chi connectivity index (χ4v) is 4.12. The van der Waals surface area contributed by atoms with Gasteiger partial charge in [0.25, 0.3) is 0 Å². The van der Waals surface area contributed by atoms with Crippen LogP contribution in [0.2, 0.25) is 5.02 Å². The van der Waals surface area contributed by atoms with E-state index in [9.17, 15) is 4.79 Å². The monoisotopic (exact) mass is 462 g/mol. The van der Waals surface area contributed by atoms with Crippen molar-refractivity contribution in [2.75, 3.05) is 11.1 Å². The smallest absolute Gasteiger partial charge is 0.234 e. The second-order valence-corrected chi connectivity index (χ2v) is 8.98. The van der Waals surface area contributed by atoms with E-state index < -0.39 is 0 Å². The molecule has 7 heteroatoms. The molecule has 0 saturated carbocycles. The maximum Gasteiger partial charge on any atom is 0.234 e. The van der Waals surface area contributed by atoms with Gasteiger partial charge in [0.15, 0.2) is 11.0 Å². The maximum absolute atomic E-state index is 12.6. The van der Waals surface area contributed by atoms with Gasteiger partial charge in [-0.1, -0.05) is 67.5 Å². The highest BCUT2D eigenvalue weighted by Crippen LogP contribution is 2.29. The third-order valence-electron chi connectivity index (χ3n) is 4.94. The number of amides is 1. The average Bonchev–Trinajstić information content (AvgIpc) is 3.23. The van der Waals surface area contributed by atoms with Crippen LogP contribution in [0.4, 0.5) is 5.69 Å². The summed E-state index contributed by atoms with van der Waals surface area (Å²) in [7, 11) is 0. The quantitative estimate of drug-likeness (QED) is 0.321. The second kappa shape index (κ2) is 10.0. The summed E-state index contributed by atoms with van der Waals surface area (Å²) in [6, 6.07) is 25.3. The molecule has 0 fully saturated rings. The van der Waals surface area contributed by atoms with Crippen LogP contribution in [0.15, 0.2) is 84.0 Å². The van der Waals surface area contributed by atoms with Gasteiger partial charge in [0.05, 0.1) is 5.75 Å². The Bertz CT molecular complexity index is 1190. The highest BCUT2D eigenvalue weighted by Gasteiger charge is 2.17. The topological polar surface area (TPSA) is 59.8 Å². The molecule has 1 N–H and O–H groups in total. The minimum Gasteiger partial charge on any atom is -0.325 e. The number of aromatic nitrogens is 3. The van der Waals surface area contributed by atoms with Crippen molar-refractivity contribution in [1.29, 1.82) is 0 Å². The van der Waals surface area contributed by atoms with E-state index in [2.05, 4.69) is 29.4 Å². The van der Waals surface area contributed by atoms with Gasteiger partial charge >= 0.3 is 0 Å². The summed E-state index contributed by atoms with van der Waals surface area (Å²) in [5.41, 5.74) is 3.84. The number of halogens is 1. The molecule has 0 atom stereocenters. The molecule has 0 unspecified atom stereocenters. The number of rotatable bonds is 7. The highest BCUT2D eigenvalue weighted by atomic mass is 35.5. The molecular weight excluding hydrogens is 440 g/mol. The van der Waals surface area contributed by atoms with Gasteiger partial charge in [-0.05, 0) is 60.0 Å². The molecule has 0 radical (unpaired) electrons. The molecule has 1 aromatic heterocycles. The Labute approximate surface area is 196 Å². The standard InChI is InChI=1S/C25H23ClN4OS/c1-17(2)18-10-14-21(15-11-18)27-23(31)16-32-25-29-28-24(19-8-12-20(26)13-9-19)30(25)22-6-4-3-5-7-22/h3-15,17H,16H2,1-2H3,(H,27,31). The number of hydrogen-bond acceptors (Lipinski definition) is 4. The Kier molecular flexibility index (Phi) is 6.93. The van der Waals surface area contributed by atoms with Crippen molar-refractivity contribution in [3.05, 3.63) is 89.4 Å². The van der Waals surface area contributed by atoms with Gasteiger partial charge in [-0.2, -0.15) is 0 Å². The second-order valence-electron chi connectivity index (χ2n) is 7.60. The summed E-state index contributed by atoms with van der Waals surface area (Å²) in [4.78, 5) is 12.6. The minimum absolute atomic E-state index is 0.0945. The maximum atomic E-state index is 12.6. The lowest BCUT2D eigenvalue weighted by molar-refractivity contribution is -0.113. The third kappa shape index (κ3) is 5.21. The van der Waals surface area contributed by atoms with Crippen LogP contribution < -0.4 is 5.32 Å². The lowest BCUT2D eigenvalue weighted by Gasteiger charge is -2.11. The number of benzene rings is 3. The van der Waals surface area contributed by atoms with Crippen LogP contribution in [0.3, 0.4) is 0 Å². The number of thioether (sulfide) groups is 1. The Balaban J connectivity index is 1.53. The Morgan fingerprint density at radius 1 is 0.969 bits per heavy atom. The lowest BCUT2D eigenvalue weighted by atomic mass is 10.0. The summed E-state index contributed by atoms with van der Waals surface area (Å²) < 4.78 is 1.96. The van der Waals surface area contributed by atoms with Gasteiger partial charge in [0, 0.05) is 22.0 Å². The molecule has 1 amide bonds. The van der Waals surface area contributed by atoms with Gasteiger partial charge in [0.2, 0.25) is 5.91 Å². The van der Waals surface area contributed by atoms with E-state index in [-0.39, 0.29) is 11.7 Å². The highest BCUT2D eigenvalue weighted by molar-refractivity contribution is 7.99. The van der Waals surface area contributed by atoms with Crippen molar-refractivity contribution in [3.63, 3.8) is 0 Å². The molecule has 0 saturated heterocycles. The van der Waals surface area contributed by atoms with Crippen molar-refractivity contribution in [2.45, 2.75) is 24.9 Å². The zero-order valence-electron chi connectivity index (χ0n) is 17.8. The molecule has 0 spiro atoms. The first-order valence-electron chi connectivity index (χ1n) is 10.3. The van der Waals surface area contributed by atoms with E-state index in [4.69, 9.17) is 11.6 Å². The normalized spacial score (nSPS) is 11.0. The van der Waals surface area contributed by atoms with E-state index >= 15 is 0 Å². The number of nitrogens with one attached hydrogen (secondary N) is 1. The number of anilines is 1. The van der Waals surface area contributed by atoms with Crippen molar-refractivity contribution in [2.24, 2.45) is 0 Å². The van der Waals surface area contributed by atoms with Crippen LogP contribution in [0.1, 0.15) is 25.3 Å². The molecule has 32 heavy (non-hydrogen) atoms. The van der Waals surface area contributed by atoms with Crippen molar-refractivity contribution >= 4 is 35.0 Å². The minimum atomic E-state index is -0.0945. The van der Waals surface area contributed by atoms with Gasteiger partial charge in [-0.15, -0.1) is 10.2 Å². The van der Waals surface area contributed by atoms with Gasteiger partial charge in [-0.3, -0.25) is 9.36 Å². The SMILES string of the molecule is CC(C)c1ccc(NC(=O)CSc2nnc(-c3ccc(Cl)cc3)n2-c2ccccc2)cc1. The first-order valence-corrected chi connectivity index (χ1v) is 11.7. The summed E-state index contributed by atoms with van der Waals surface area (Å²) in [6.07, 6.45) is 0. The zero-order valence-corrected chi connectivity index (χ0v) is 19.4. The van der Waals surface area contributed by atoms with E-state index in [1.54, 1.807) is 0 Å².